The average molecular weight is 376 g/mol. The Kier molecular flexibility index (Phi) is 5.68. The van der Waals surface area contributed by atoms with Crippen molar-refractivity contribution in [2.45, 2.75) is 19.3 Å². The maximum atomic E-state index is 12.8. The minimum Gasteiger partial charge on any atom is -0.481 e. The van der Waals surface area contributed by atoms with E-state index >= 15 is 0 Å². The lowest BCUT2D eigenvalue weighted by atomic mass is 10.2. The van der Waals surface area contributed by atoms with E-state index in [1.54, 1.807) is 12.1 Å². The van der Waals surface area contributed by atoms with Crippen LogP contribution < -0.4 is 15.6 Å². The fourth-order valence-electron chi connectivity index (χ4n) is 1.96. The summed E-state index contributed by atoms with van der Waals surface area (Å²) in [6.07, 6.45) is -2.64. The van der Waals surface area contributed by atoms with Gasteiger partial charge in [0.2, 0.25) is 11.8 Å². The van der Waals surface area contributed by atoms with Crippen LogP contribution in [0, 0.1) is 0 Å². The molecule has 0 aliphatic carbocycles. The third-order valence-corrected chi connectivity index (χ3v) is 3.45. The standard InChI is InChI=1S/C15H13ClF3N3O3/c1-25-13-4-9(2-3-20-13)6-21-12(23)8-22-7-10(15(17,18)19)5-11(16)14(22)24/h2-5,7H,6,8H2,1H3,(H,21,23). The van der Waals surface area contributed by atoms with Crippen LogP contribution in [0.2, 0.25) is 5.02 Å². The van der Waals surface area contributed by atoms with E-state index in [9.17, 15) is 22.8 Å². The molecule has 0 saturated heterocycles. The van der Waals surface area contributed by atoms with Gasteiger partial charge >= 0.3 is 6.18 Å². The Morgan fingerprint density at radius 1 is 1.40 bits per heavy atom. The van der Waals surface area contributed by atoms with E-state index in [2.05, 4.69) is 10.3 Å². The normalized spacial score (nSPS) is 11.2. The van der Waals surface area contributed by atoms with Gasteiger partial charge in [-0.2, -0.15) is 13.2 Å². The van der Waals surface area contributed by atoms with Crippen molar-refractivity contribution >= 4 is 17.5 Å². The molecule has 0 unspecified atom stereocenters. The van der Waals surface area contributed by atoms with Crippen LogP contribution in [0.25, 0.3) is 0 Å². The first-order chi connectivity index (χ1) is 11.7. The molecular formula is C15H13ClF3N3O3. The number of methoxy groups -OCH3 is 1. The second-order valence-electron chi connectivity index (χ2n) is 4.99. The molecule has 2 heterocycles. The number of rotatable bonds is 5. The molecule has 0 bridgehead atoms. The molecule has 2 aromatic rings. The molecule has 0 aliphatic heterocycles. The Morgan fingerprint density at radius 2 is 2.12 bits per heavy atom. The van der Waals surface area contributed by atoms with E-state index in [4.69, 9.17) is 16.3 Å². The van der Waals surface area contributed by atoms with Gasteiger partial charge in [0.15, 0.2) is 0 Å². The second-order valence-corrected chi connectivity index (χ2v) is 5.40. The third-order valence-electron chi connectivity index (χ3n) is 3.18. The van der Waals surface area contributed by atoms with Crippen molar-refractivity contribution in [3.63, 3.8) is 0 Å². The molecule has 1 amide bonds. The quantitative estimate of drug-likeness (QED) is 0.870. The van der Waals surface area contributed by atoms with Crippen LogP contribution in [0.1, 0.15) is 11.1 Å². The van der Waals surface area contributed by atoms with Gasteiger partial charge in [-0.15, -0.1) is 0 Å². The lowest BCUT2D eigenvalue weighted by molar-refractivity contribution is -0.138. The zero-order chi connectivity index (χ0) is 18.6. The lowest BCUT2D eigenvalue weighted by Crippen LogP contribution is -2.32. The summed E-state index contributed by atoms with van der Waals surface area (Å²) in [6, 6.07) is 3.76. The Balaban J connectivity index is 2.10. The summed E-state index contributed by atoms with van der Waals surface area (Å²) in [7, 11) is 1.44. The number of amides is 1. The zero-order valence-corrected chi connectivity index (χ0v) is 13.7. The minimum absolute atomic E-state index is 0.0964. The highest BCUT2D eigenvalue weighted by Crippen LogP contribution is 2.29. The van der Waals surface area contributed by atoms with Crippen LogP contribution in [0.4, 0.5) is 13.2 Å². The van der Waals surface area contributed by atoms with E-state index < -0.39 is 34.8 Å². The van der Waals surface area contributed by atoms with Crippen LogP contribution in [0.3, 0.4) is 0 Å². The lowest BCUT2D eigenvalue weighted by Gasteiger charge is -2.12. The smallest absolute Gasteiger partial charge is 0.417 e. The van der Waals surface area contributed by atoms with Gasteiger partial charge in [-0.3, -0.25) is 9.59 Å². The monoisotopic (exact) mass is 375 g/mol. The average Bonchev–Trinajstić information content (AvgIpc) is 2.56. The Hall–Kier alpha value is -2.55. The van der Waals surface area contributed by atoms with Gasteiger partial charge in [-0.25, -0.2) is 4.98 Å². The molecule has 2 rings (SSSR count). The number of halogens is 4. The number of alkyl halides is 3. The first-order valence-electron chi connectivity index (χ1n) is 6.93. The summed E-state index contributed by atoms with van der Waals surface area (Å²) < 4.78 is 43.9. The van der Waals surface area contributed by atoms with Gasteiger partial charge in [-0.05, 0) is 17.7 Å². The second kappa shape index (κ2) is 7.56. The summed E-state index contributed by atoms with van der Waals surface area (Å²) in [4.78, 5) is 27.6. The molecule has 0 aromatic carbocycles. The van der Waals surface area contributed by atoms with Crippen LogP contribution in [-0.4, -0.2) is 22.6 Å². The molecule has 0 spiro atoms. The van der Waals surface area contributed by atoms with Crippen LogP contribution in [-0.2, 0) is 24.1 Å². The molecule has 0 aliphatic rings. The molecule has 0 atom stereocenters. The highest BCUT2D eigenvalue weighted by Gasteiger charge is 2.32. The molecule has 6 nitrogen and oxygen atoms in total. The number of hydrogen-bond donors (Lipinski definition) is 1. The van der Waals surface area contributed by atoms with Crippen molar-refractivity contribution in [1.29, 1.82) is 0 Å². The molecule has 0 radical (unpaired) electrons. The van der Waals surface area contributed by atoms with Gasteiger partial charge in [0, 0.05) is 25.0 Å². The first-order valence-corrected chi connectivity index (χ1v) is 7.31. The van der Waals surface area contributed by atoms with Crippen molar-refractivity contribution in [3.05, 3.63) is 57.1 Å². The van der Waals surface area contributed by atoms with Crippen molar-refractivity contribution in [3.8, 4) is 5.88 Å². The third kappa shape index (κ3) is 4.96. The number of ether oxygens (including phenoxy) is 1. The summed E-state index contributed by atoms with van der Waals surface area (Å²) in [5.41, 5.74) is -1.31. The summed E-state index contributed by atoms with van der Waals surface area (Å²) >= 11 is 5.53. The molecule has 25 heavy (non-hydrogen) atoms. The molecule has 2 aromatic heterocycles. The van der Waals surface area contributed by atoms with E-state index in [0.29, 0.717) is 28.3 Å². The Labute approximate surface area is 145 Å². The maximum absolute atomic E-state index is 12.8. The summed E-state index contributed by atoms with van der Waals surface area (Å²) in [6.45, 7) is -0.496. The Bertz CT molecular complexity index is 837. The van der Waals surface area contributed by atoms with Crippen molar-refractivity contribution in [1.82, 2.24) is 14.9 Å². The predicted octanol–water partition coefficient (Wildman–Crippen LogP) is 2.24. The number of pyridine rings is 2. The van der Waals surface area contributed by atoms with Crippen molar-refractivity contribution in [2.24, 2.45) is 0 Å². The van der Waals surface area contributed by atoms with Crippen LogP contribution in [0.15, 0.2) is 35.4 Å². The topological polar surface area (TPSA) is 73.2 Å². The van der Waals surface area contributed by atoms with Crippen molar-refractivity contribution < 1.29 is 22.7 Å². The molecule has 1 N–H and O–H groups in total. The van der Waals surface area contributed by atoms with Gasteiger partial charge in [-0.1, -0.05) is 11.6 Å². The van der Waals surface area contributed by atoms with Crippen molar-refractivity contribution in [2.75, 3.05) is 7.11 Å². The van der Waals surface area contributed by atoms with Crippen LogP contribution in [0.5, 0.6) is 5.88 Å². The van der Waals surface area contributed by atoms with Gasteiger partial charge < -0.3 is 14.6 Å². The highest BCUT2D eigenvalue weighted by molar-refractivity contribution is 6.30. The maximum Gasteiger partial charge on any atom is 0.417 e. The van der Waals surface area contributed by atoms with E-state index in [1.807, 2.05) is 0 Å². The van der Waals surface area contributed by atoms with E-state index in [0.717, 1.165) is 0 Å². The first kappa shape index (κ1) is 18.8. The molecule has 134 valence electrons. The minimum atomic E-state index is -4.68. The zero-order valence-electron chi connectivity index (χ0n) is 12.9. The summed E-state index contributed by atoms with van der Waals surface area (Å²) in [5, 5.41) is 1.89. The van der Waals surface area contributed by atoms with Crippen LogP contribution >= 0.6 is 11.6 Å². The number of nitrogens with one attached hydrogen (secondary N) is 1. The number of carbonyl (C=O) groups is 1. The fraction of sp³-hybridized carbons (Fsp3) is 0.267. The number of aromatic nitrogens is 2. The molecule has 0 fully saturated rings. The fourth-order valence-corrected chi connectivity index (χ4v) is 2.18. The SMILES string of the molecule is COc1cc(CNC(=O)Cn2cc(C(F)(F)F)cc(Cl)c2=O)ccn1. The van der Waals surface area contributed by atoms with E-state index in [1.165, 1.54) is 13.3 Å². The molecule has 10 heteroatoms. The number of nitrogens with zero attached hydrogens (tertiary/aromatic N) is 2. The number of carbonyl (C=O) groups excluding carboxylic acids is 1. The van der Waals surface area contributed by atoms with E-state index in [-0.39, 0.29) is 6.54 Å². The number of hydrogen-bond acceptors (Lipinski definition) is 4. The van der Waals surface area contributed by atoms with Gasteiger partial charge in [0.25, 0.3) is 5.56 Å². The molecular weight excluding hydrogens is 363 g/mol. The predicted molar refractivity (Wildman–Crippen MR) is 83.3 cm³/mol. The molecule has 0 saturated carbocycles. The summed E-state index contributed by atoms with van der Waals surface area (Å²) in [5.74, 6) is -0.291. The largest absolute Gasteiger partial charge is 0.481 e. The Morgan fingerprint density at radius 3 is 2.76 bits per heavy atom. The van der Waals surface area contributed by atoms with Gasteiger partial charge in [0.1, 0.15) is 11.6 Å². The highest BCUT2D eigenvalue weighted by atomic mass is 35.5. The van der Waals surface area contributed by atoms with Gasteiger partial charge in [0.05, 0.1) is 12.7 Å².